The summed E-state index contributed by atoms with van der Waals surface area (Å²) in [5, 5.41) is 8.43. The molecule has 270 valence electrons. The summed E-state index contributed by atoms with van der Waals surface area (Å²) in [6.07, 6.45) is 0. The van der Waals surface area contributed by atoms with Crippen molar-refractivity contribution in [1.29, 1.82) is 0 Å². The Morgan fingerprint density at radius 1 is 0.276 bits per heavy atom. The Labute approximate surface area is 336 Å². The van der Waals surface area contributed by atoms with Crippen molar-refractivity contribution in [2.24, 2.45) is 0 Å². The van der Waals surface area contributed by atoms with E-state index in [4.69, 9.17) is 15.0 Å². The average molecular weight is 738 g/mol. The summed E-state index contributed by atoms with van der Waals surface area (Å²) >= 11 is 0. The molecule has 0 bridgehead atoms. The Bertz CT molecular complexity index is 3240. The standard InChI is InChI=1S/C55H35N3/c1-3-14-40(15-4-1)51-35-52(41-16-5-2-6-17-41)58-55(57-51)42-30-25-38(26-31-42)37-23-28-39(29-24-37)48-34-49-53(46-20-10-9-19-45(46)48)47-21-11-12-22-50(47)56-54(49)44-32-27-36-13-7-8-18-43(36)33-44/h1-35H. The normalized spacial score (nSPS) is 11.4. The van der Waals surface area contributed by atoms with Crippen molar-refractivity contribution >= 4 is 43.2 Å². The number of pyridine rings is 1. The van der Waals surface area contributed by atoms with Gasteiger partial charge < -0.3 is 0 Å². The molecule has 0 fully saturated rings. The monoisotopic (exact) mass is 737 g/mol. The fraction of sp³-hybridized carbons (Fsp3) is 0. The first kappa shape index (κ1) is 33.6. The summed E-state index contributed by atoms with van der Waals surface area (Å²) in [4.78, 5) is 15.4. The molecule has 2 heterocycles. The zero-order valence-electron chi connectivity index (χ0n) is 31.5. The van der Waals surface area contributed by atoms with Gasteiger partial charge in [-0.25, -0.2) is 15.0 Å². The lowest BCUT2D eigenvalue weighted by atomic mass is 9.89. The summed E-state index contributed by atoms with van der Waals surface area (Å²) < 4.78 is 0. The van der Waals surface area contributed by atoms with Gasteiger partial charge in [-0.15, -0.1) is 0 Å². The topological polar surface area (TPSA) is 38.7 Å². The van der Waals surface area contributed by atoms with Gasteiger partial charge in [-0.3, -0.25) is 0 Å². The van der Waals surface area contributed by atoms with E-state index in [0.29, 0.717) is 5.82 Å². The first-order valence-electron chi connectivity index (χ1n) is 19.7. The van der Waals surface area contributed by atoms with Crippen LogP contribution in [0.15, 0.2) is 212 Å². The molecule has 0 atom stereocenters. The number of hydrogen-bond acceptors (Lipinski definition) is 3. The van der Waals surface area contributed by atoms with Crippen LogP contribution < -0.4 is 0 Å². The van der Waals surface area contributed by atoms with Crippen LogP contribution in [0.3, 0.4) is 0 Å². The molecule has 11 aromatic rings. The number of para-hydroxylation sites is 1. The van der Waals surface area contributed by atoms with Gasteiger partial charge in [0.1, 0.15) is 0 Å². The molecule has 9 aromatic carbocycles. The van der Waals surface area contributed by atoms with Crippen LogP contribution in [0, 0.1) is 0 Å². The van der Waals surface area contributed by atoms with Gasteiger partial charge in [0.25, 0.3) is 0 Å². The molecule has 0 aliphatic rings. The zero-order valence-corrected chi connectivity index (χ0v) is 31.5. The molecule has 0 radical (unpaired) electrons. The van der Waals surface area contributed by atoms with Gasteiger partial charge in [-0.05, 0) is 68.1 Å². The molecular formula is C55H35N3. The zero-order chi connectivity index (χ0) is 38.4. The number of aromatic nitrogens is 3. The Morgan fingerprint density at radius 3 is 1.47 bits per heavy atom. The molecule has 0 unspecified atom stereocenters. The molecule has 0 saturated heterocycles. The first-order chi connectivity index (χ1) is 28.7. The lowest BCUT2D eigenvalue weighted by molar-refractivity contribution is 1.18. The van der Waals surface area contributed by atoms with E-state index in [0.717, 1.165) is 72.3 Å². The molecule has 2 aromatic heterocycles. The second-order valence-electron chi connectivity index (χ2n) is 14.8. The van der Waals surface area contributed by atoms with Crippen LogP contribution in [-0.4, -0.2) is 15.0 Å². The largest absolute Gasteiger partial charge is 0.247 e. The summed E-state index contributed by atoms with van der Waals surface area (Å²) in [5.41, 5.74) is 12.6. The molecule has 0 aliphatic carbocycles. The smallest absolute Gasteiger partial charge is 0.160 e. The highest BCUT2D eigenvalue weighted by Crippen LogP contribution is 2.42. The van der Waals surface area contributed by atoms with Crippen LogP contribution in [0.2, 0.25) is 0 Å². The maximum atomic E-state index is 5.34. The average Bonchev–Trinajstić information content (AvgIpc) is 3.31. The minimum absolute atomic E-state index is 0.704. The van der Waals surface area contributed by atoms with E-state index in [-0.39, 0.29) is 0 Å². The predicted octanol–water partition coefficient (Wildman–Crippen LogP) is 14.5. The van der Waals surface area contributed by atoms with Gasteiger partial charge in [0.15, 0.2) is 5.82 Å². The second-order valence-corrected chi connectivity index (χ2v) is 14.8. The summed E-state index contributed by atoms with van der Waals surface area (Å²) in [5.74, 6) is 0.704. The fourth-order valence-corrected chi connectivity index (χ4v) is 8.35. The minimum Gasteiger partial charge on any atom is -0.247 e. The second kappa shape index (κ2) is 14.1. The number of rotatable bonds is 6. The molecule has 3 heteroatoms. The van der Waals surface area contributed by atoms with Crippen molar-refractivity contribution in [2.45, 2.75) is 0 Å². The quantitative estimate of drug-likeness (QED) is 0.160. The van der Waals surface area contributed by atoms with Crippen LogP contribution in [0.25, 0.3) is 111 Å². The summed E-state index contributed by atoms with van der Waals surface area (Å²) in [6.45, 7) is 0. The van der Waals surface area contributed by atoms with Crippen molar-refractivity contribution < 1.29 is 0 Å². The SMILES string of the molecule is c1ccc(-c2cc(-c3ccccc3)nc(-c3ccc(-c4ccc(-c5cc6c(-c7ccc8ccccc8c7)nc7ccccc7c6c6ccccc56)cc4)cc3)n2)cc1. The van der Waals surface area contributed by atoms with E-state index in [1.807, 2.05) is 36.4 Å². The lowest BCUT2D eigenvalue weighted by Gasteiger charge is -2.16. The molecule has 11 rings (SSSR count). The molecular weight excluding hydrogens is 703 g/mol. The van der Waals surface area contributed by atoms with Gasteiger partial charge in [0, 0.05) is 38.4 Å². The van der Waals surface area contributed by atoms with E-state index in [1.165, 1.54) is 32.5 Å². The van der Waals surface area contributed by atoms with Crippen LogP contribution in [0.5, 0.6) is 0 Å². The molecule has 0 N–H and O–H groups in total. The van der Waals surface area contributed by atoms with Crippen molar-refractivity contribution in [1.82, 2.24) is 15.0 Å². The van der Waals surface area contributed by atoms with Crippen LogP contribution in [0.1, 0.15) is 0 Å². The molecule has 3 nitrogen and oxygen atoms in total. The number of hydrogen-bond donors (Lipinski definition) is 0. The number of fused-ring (bicyclic) bond motifs is 6. The maximum Gasteiger partial charge on any atom is 0.160 e. The Morgan fingerprint density at radius 2 is 0.793 bits per heavy atom. The highest BCUT2D eigenvalue weighted by Gasteiger charge is 2.17. The van der Waals surface area contributed by atoms with Crippen LogP contribution >= 0.6 is 0 Å². The Balaban J connectivity index is 0.993. The Hall–Kier alpha value is -7.75. The first-order valence-corrected chi connectivity index (χ1v) is 19.7. The van der Waals surface area contributed by atoms with E-state index in [1.54, 1.807) is 0 Å². The van der Waals surface area contributed by atoms with Crippen LogP contribution in [0.4, 0.5) is 0 Å². The van der Waals surface area contributed by atoms with E-state index in [9.17, 15) is 0 Å². The van der Waals surface area contributed by atoms with Crippen molar-refractivity contribution in [3.05, 3.63) is 212 Å². The van der Waals surface area contributed by atoms with E-state index >= 15 is 0 Å². The lowest BCUT2D eigenvalue weighted by Crippen LogP contribution is -1.95. The third-order valence-electron chi connectivity index (χ3n) is 11.3. The van der Waals surface area contributed by atoms with Crippen molar-refractivity contribution in [3.8, 4) is 67.4 Å². The van der Waals surface area contributed by atoms with Gasteiger partial charge in [-0.1, -0.05) is 188 Å². The van der Waals surface area contributed by atoms with Gasteiger partial charge >= 0.3 is 0 Å². The maximum absolute atomic E-state index is 5.34. The van der Waals surface area contributed by atoms with Gasteiger partial charge in [-0.2, -0.15) is 0 Å². The number of nitrogens with zero attached hydrogens (tertiary/aromatic N) is 3. The van der Waals surface area contributed by atoms with Gasteiger partial charge in [0.05, 0.1) is 22.6 Å². The van der Waals surface area contributed by atoms with Gasteiger partial charge in [0.2, 0.25) is 0 Å². The molecule has 0 saturated carbocycles. The highest BCUT2D eigenvalue weighted by molar-refractivity contribution is 6.25. The van der Waals surface area contributed by atoms with Crippen molar-refractivity contribution in [3.63, 3.8) is 0 Å². The van der Waals surface area contributed by atoms with Crippen LogP contribution in [-0.2, 0) is 0 Å². The number of benzene rings is 9. The van der Waals surface area contributed by atoms with E-state index < -0.39 is 0 Å². The fourth-order valence-electron chi connectivity index (χ4n) is 8.35. The summed E-state index contributed by atoms with van der Waals surface area (Å²) in [6, 6.07) is 75.2. The summed E-state index contributed by atoms with van der Waals surface area (Å²) in [7, 11) is 0. The molecule has 0 aliphatic heterocycles. The molecule has 58 heavy (non-hydrogen) atoms. The Kier molecular flexibility index (Phi) is 8.15. The third-order valence-corrected chi connectivity index (χ3v) is 11.3. The molecule has 0 spiro atoms. The van der Waals surface area contributed by atoms with Crippen molar-refractivity contribution in [2.75, 3.05) is 0 Å². The predicted molar refractivity (Wildman–Crippen MR) is 242 cm³/mol. The minimum atomic E-state index is 0.704. The third kappa shape index (κ3) is 5.98. The highest BCUT2D eigenvalue weighted by atomic mass is 14.9. The molecule has 0 amide bonds. The van der Waals surface area contributed by atoms with E-state index in [2.05, 4.69) is 176 Å².